The molecule has 1 aromatic rings. The molecule has 0 N–H and O–H groups in total. The average Bonchev–Trinajstić information content (AvgIpc) is 2.32. The summed E-state index contributed by atoms with van der Waals surface area (Å²) < 4.78 is 22.0. The van der Waals surface area contributed by atoms with Crippen LogP contribution in [0, 0.1) is 0 Å². The first-order valence-corrected chi connectivity index (χ1v) is 5.89. The van der Waals surface area contributed by atoms with Crippen LogP contribution in [0.4, 0.5) is 0 Å². The zero-order valence-electron chi connectivity index (χ0n) is 6.36. The van der Waals surface area contributed by atoms with E-state index < -0.39 is 9.84 Å². The van der Waals surface area contributed by atoms with Crippen LogP contribution in [0.5, 0.6) is 0 Å². The number of aromatic nitrogens is 1. The summed E-state index contributed by atoms with van der Waals surface area (Å²) >= 11 is 1.24. The van der Waals surface area contributed by atoms with Crippen molar-refractivity contribution in [3.63, 3.8) is 0 Å². The molecule has 0 atom stereocenters. The molecule has 62 valence electrons. The Kier molecular flexibility index (Phi) is 2.29. The summed E-state index contributed by atoms with van der Waals surface area (Å²) in [7, 11) is -3.08. The maximum Gasteiger partial charge on any atom is 0.209 e. The van der Waals surface area contributed by atoms with Crippen LogP contribution in [0.2, 0.25) is 0 Å². The number of hydrogen-bond donors (Lipinski definition) is 0. The molecule has 0 fully saturated rings. The highest BCUT2D eigenvalue weighted by atomic mass is 32.2. The Hall–Kier alpha value is -0.420. The molecule has 0 spiro atoms. The topological polar surface area (TPSA) is 47.0 Å². The smallest absolute Gasteiger partial charge is 0.209 e. The number of nitrogens with zero attached hydrogens (tertiary/aromatic N) is 1. The first-order chi connectivity index (χ1) is 5.04. The van der Waals surface area contributed by atoms with Gasteiger partial charge in [0.2, 0.25) is 14.2 Å². The second-order valence-corrected chi connectivity index (χ2v) is 5.52. The number of hydrogen-bond acceptors (Lipinski definition) is 4. The Balaban J connectivity index is 3.09. The molecule has 5 heteroatoms. The van der Waals surface area contributed by atoms with Crippen molar-refractivity contribution in [3.8, 4) is 0 Å². The van der Waals surface area contributed by atoms with E-state index in [-0.39, 0.29) is 4.34 Å². The van der Waals surface area contributed by atoms with Gasteiger partial charge in [-0.2, -0.15) is 0 Å². The fourth-order valence-electron chi connectivity index (χ4n) is 0.624. The molecule has 1 aromatic heterocycles. The van der Waals surface area contributed by atoms with Gasteiger partial charge in [-0.3, -0.25) is 0 Å². The van der Waals surface area contributed by atoms with Gasteiger partial charge in [-0.15, -0.1) is 11.3 Å². The van der Waals surface area contributed by atoms with Crippen molar-refractivity contribution >= 4 is 21.2 Å². The molecule has 3 nitrogen and oxygen atoms in total. The van der Waals surface area contributed by atoms with Crippen molar-refractivity contribution in [3.05, 3.63) is 11.1 Å². The minimum Gasteiger partial charge on any atom is -0.233 e. The number of rotatable bonds is 2. The molecule has 1 heterocycles. The van der Waals surface area contributed by atoms with E-state index in [1.165, 1.54) is 17.6 Å². The fraction of sp³-hybridized carbons (Fsp3) is 0.500. The number of aryl methyl sites for hydroxylation is 1. The average molecular weight is 191 g/mol. The van der Waals surface area contributed by atoms with Gasteiger partial charge in [0.05, 0.1) is 0 Å². The van der Waals surface area contributed by atoms with Gasteiger partial charge < -0.3 is 0 Å². The minimum absolute atomic E-state index is 0.217. The number of thiazole rings is 1. The van der Waals surface area contributed by atoms with Gasteiger partial charge in [0, 0.05) is 17.3 Å². The SMILES string of the molecule is CCc1cnc(S(C)(=O)=O)s1. The van der Waals surface area contributed by atoms with Crippen LogP contribution in [-0.2, 0) is 16.3 Å². The second-order valence-electron chi connectivity index (χ2n) is 2.22. The summed E-state index contributed by atoms with van der Waals surface area (Å²) in [4.78, 5) is 4.79. The molecule has 0 radical (unpaired) electrons. The molecular weight excluding hydrogens is 182 g/mol. The van der Waals surface area contributed by atoms with Crippen LogP contribution in [0.1, 0.15) is 11.8 Å². The Bertz CT molecular complexity index is 339. The van der Waals surface area contributed by atoms with Gasteiger partial charge in [0.1, 0.15) is 0 Å². The van der Waals surface area contributed by atoms with E-state index >= 15 is 0 Å². The summed E-state index contributed by atoms with van der Waals surface area (Å²) in [6.07, 6.45) is 3.62. The molecule has 0 saturated carbocycles. The minimum atomic E-state index is -3.08. The van der Waals surface area contributed by atoms with Crippen molar-refractivity contribution in [1.82, 2.24) is 4.98 Å². The first kappa shape index (κ1) is 8.67. The molecular formula is C6H9NO2S2. The quantitative estimate of drug-likeness (QED) is 0.703. The van der Waals surface area contributed by atoms with Crippen LogP contribution in [0.3, 0.4) is 0 Å². The zero-order valence-corrected chi connectivity index (χ0v) is 8.00. The van der Waals surface area contributed by atoms with Gasteiger partial charge in [0.25, 0.3) is 0 Å². The Morgan fingerprint density at radius 2 is 2.27 bits per heavy atom. The van der Waals surface area contributed by atoms with Crippen LogP contribution < -0.4 is 0 Å². The highest BCUT2D eigenvalue weighted by molar-refractivity contribution is 7.92. The molecule has 0 bridgehead atoms. The third-order valence-corrected chi connectivity index (χ3v) is 4.03. The maximum atomic E-state index is 10.9. The molecule has 1 rings (SSSR count). The third kappa shape index (κ3) is 2.00. The summed E-state index contributed by atoms with van der Waals surface area (Å²) in [5.74, 6) is 0. The molecule has 0 aliphatic carbocycles. The molecule has 0 aliphatic rings. The van der Waals surface area contributed by atoms with Crippen LogP contribution in [-0.4, -0.2) is 19.7 Å². The fourth-order valence-corrected chi connectivity index (χ4v) is 2.37. The van der Waals surface area contributed by atoms with Crippen molar-refractivity contribution in [2.75, 3.05) is 6.26 Å². The second kappa shape index (κ2) is 2.91. The lowest BCUT2D eigenvalue weighted by Gasteiger charge is -1.86. The Morgan fingerprint density at radius 1 is 1.64 bits per heavy atom. The molecule has 0 unspecified atom stereocenters. The standard InChI is InChI=1S/C6H9NO2S2/c1-3-5-4-7-6(10-5)11(2,8)9/h4H,3H2,1-2H3. The van der Waals surface area contributed by atoms with Crippen LogP contribution in [0.15, 0.2) is 10.5 Å². The normalized spacial score (nSPS) is 11.8. The first-order valence-electron chi connectivity index (χ1n) is 3.19. The highest BCUT2D eigenvalue weighted by Crippen LogP contribution is 2.17. The van der Waals surface area contributed by atoms with E-state index in [1.807, 2.05) is 6.92 Å². The monoisotopic (exact) mass is 191 g/mol. The van der Waals surface area contributed by atoms with E-state index in [2.05, 4.69) is 4.98 Å². The summed E-state index contributed by atoms with van der Waals surface area (Å²) in [5.41, 5.74) is 0. The van der Waals surface area contributed by atoms with Crippen molar-refractivity contribution in [2.45, 2.75) is 17.7 Å². The van der Waals surface area contributed by atoms with Crippen molar-refractivity contribution in [2.24, 2.45) is 0 Å². The summed E-state index contributed by atoms with van der Waals surface area (Å²) in [6.45, 7) is 1.97. The lowest BCUT2D eigenvalue weighted by molar-refractivity contribution is 0.601. The van der Waals surface area contributed by atoms with Gasteiger partial charge in [-0.05, 0) is 6.42 Å². The van der Waals surface area contributed by atoms with E-state index in [0.717, 1.165) is 11.3 Å². The van der Waals surface area contributed by atoms with Crippen LogP contribution in [0.25, 0.3) is 0 Å². The maximum absolute atomic E-state index is 10.9. The van der Waals surface area contributed by atoms with E-state index in [0.29, 0.717) is 0 Å². The van der Waals surface area contributed by atoms with Crippen LogP contribution >= 0.6 is 11.3 Å². The van der Waals surface area contributed by atoms with Gasteiger partial charge >= 0.3 is 0 Å². The van der Waals surface area contributed by atoms with Gasteiger partial charge in [0.15, 0.2) is 0 Å². The Labute approximate surface area is 70.0 Å². The van der Waals surface area contributed by atoms with Crippen molar-refractivity contribution in [1.29, 1.82) is 0 Å². The molecule has 11 heavy (non-hydrogen) atoms. The third-order valence-electron chi connectivity index (χ3n) is 1.20. The largest absolute Gasteiger partial charge is 0.233 e. The number of sulfone groups is 1. The van der Waals surface area contributed by atoms with E-state index in [1.54, 1.807) is 6.20 Å². The van der Waals surface area contributed by atoms with Crippen molar-refractivity contribution < 1.29 is 8.42 Å². The molecule has 0 saturated heterocycles. The zero-order chi connectivity index (χ0) is 8.48. The predicted octanol–water partition coefficient (Wildman–Crippen LogP) is 1.11. The molecule has 0 aromatic carbocycles. The lowest BCUT2D eigenvalue weighted by Crippen LogP contribution is -1.94. The lowest BCUT2D eigenvalue weighted by atomic mass is 10.4. The molecule has 0 amide bonds. The highest BCUT2D eigenvalue weighted by Gasteiger charge is 2.11. The van der Waals surface area contributed by atoms with Gasteiger partial charge in [-0.1, -0.05) is 6.92 Å². The molecule has 0 aliphatic heterocycles. The van der Waals surface area contributed by atoms with Gasteiger partial charge in [-0.25, -0.2) is 13.4 Å². The summed E-state index contributed by atoms with van der Waals surface area (Å²) in [5, 5.41) is 0. The van der Waals surface area contributed by atoms with E-state index in [4.69, 9.17) is 0 Å². The predicted molar refractivity (Wildman–Crippen MR) is 44.6 cm³/mol. The summed E-state index contributed by atoms with van der Waals surface area (Å²) in [6, 6.07) is 0. The van der Waals surface area contributed by atoms with E-state index in [9.17, 15) is 8.42 Å². The Morgan fingerprint density at radius 3 is 2.55 bits per heavy atom.